The fourth-order valence-electron chi connectivity index (χ4n) is 1.60. The molecule has 0 radical (unpaired) electrons. The molecule has 0 fully saturated rings. The number of benzene rings is 2. The van der Waals surface area contributed by atoms with Crippen LogP contribution in [0.2, 0.25) is 5.02 Å². The highest BCUT2D eigenvalue weighted by molar-refractivity contribution is 6.30. The lowest BCUT2D eigenvalue weighted by Crippen LogP contribution is -2.22. The van der Waals surface area contributed by atoms with Crippen molar-refractivity contribution in [1.82, 2.24) is 5.32 Å². The van der Waals surface area contributed by atoms with Crippen LogP contribution >= 0.6 is 11.6 Å². The van der Waals surface area contributed by atoms with Gasteiger partial charge in [0.05, 0.1) is 0 Å². The summed E-state index contributed by atoms with van der Waals surface area (Å²) in [6, 6.07) is 14.1. The Bertz CT molecular complexity index is 567. The van der Waals surface area contributed by atoms with Crippen LogP contribution in [-0.2, 0) is 0 Å². The van der Waals surface area contributed by atoms with Gasteiger partial charge in [0.1, 0.15) is 11.5 Å². The van der Waals surface area contributed by atoms with Crippen LogP contribution in [0.4, 0.5) is 0 Å². The number of amides is 1. The van der Waals surface area contributed by atoms with E-state index in [9.17, 15) is 4.79 Å². The highest BCUT2D eigenvalue weighted by Crippen LogP contribution is 2.23. The van der Waals surface area contributed by atoms with Crippen molar-refractivity contribution >= 4 is 17.5 Å². The van der Waals surface area contributed by atoms with Gasteiger partial charge in [0.2, 0.25) is 0 Å². The first-order chi connectivity index (χ1) is 9.19. The van der Waals surface area contributed by atoms with Gasteiger partial charge >= 0.3 is 0 Å². The van der Waals surface area contributed by atoms with Gasteiger partial charge in [-0.15, -0.1) is 0 Å². The van der Waals surface area contributed by atoms with E-state index in [1.807, 2.05) is 6.92 Å². The van der Waals surface area contributed by atoms with Crippen molar-refractivity contribution in [2.75, 3.05) is 6.54 Å². The van der Waals surface area contributed by atoms with Crippen molar-refractivity contribution in [2.45, 2.75) is 6.92 Å². The molecule has 0 spiro atoms. The monoisotopic (exact) mass is 275 g/mol. The third kappa shape index (κ3) is 3.73. The first kappa shape index (κ1) is 13.4. The molecule has 0 aromatic heterocycles. The summed E-state index contributed by atoms with van der Waals surface area (Å²) in [7, 11) is 0. The van der Waals surface area contributed by atoms with E-state index < -0.39 is 0 Å². The Labute approximate surface area is 117 Å². The summed E-state index contributed by atoms with van der Waals surface area (Å²) in [4.78, 5) is 11.7. The molecule has 2 aromatic rings. The Morgan fingerprint density at radius 1 is 1.16 bits per heavy atom. The molecule has 4 heteroatoms. The van der Waals surface area contributed by atoms with Gasteiger partial charge in [-0.2, -0.15) is 0 Å². The summed E-state index contributed by atoms with van der Waals surface area (Å²) in [6.07, 6.45) is 0. The maximum Gasteiger partial charge on any atom is 0.251 e. The third-order valence-electron chi connectivity index (χ3n) is 2.48. The Kier molecular flexibility index (Phi) is 4.42. The SMILES string of the molecule is CCNC(=O)c1cccc(Oc2ccc(Cl)cc2)c1. The van der Waals surface area contributed by atoms with E-state index in [-0.39, 0.29) is 5.91 Å². The number of nitrogens with one attached hydrogen (secondary N) is 1. The van der Waals surface area contributed by atoms with Gasteiger partial charge in [0, 0.05) is 17.1 Å². The molecule has 0 aliphatic heterocycles. The minimum Gasteiger partial charge on any atom is -0.457 e. The fourth-order valence-corrected chi connectivity index (χ4v) is 1.73. The number of rotatable bonds is 4. The standard InChI is InChI=1S/C15H14ClNO2/c1-2-17-15(18)11-4-3-5-14(10-11)19-13-8-6-12(16)7-9-13/h3-10H,2H2,1H3,(H,17,18). The Hall–Kier alpha value is -2.00. The van der Waals surface area contributed by atoms with Crippen LogP contribution in [0.5, 0.6) is 11.5 Å². The number of carbonyl (C=O) groups excluding carboxylic acids is 1. The van der Waals surface area contributed by atoms with Crippen LogP contribution in [0.3, 0.4) is 0 Å². The molecule has 0 saturated heterocycles. The number of halogens is 1. The molecule has 0 aliphatic rings. The number of ether oxygens (including phenoxy) is 1. The molecule has 0 heterocycles. The van der Waals surface area contributed by atoms with E-state index in [0.29, 0.717) is 28.6 Å². The summed E-state index contributed by atoms with van der Waals surface area (Å²) in [5.41, 5.74) is 0.577. The van der Waals surface area contributed by atoms with Crippen molar-refractivity contribution in [1.29, 1.82) is 0 Å². The quantitative estimate of drug-likeness (QED) is 0.919. The molecule has 98 valence electrons. The molecule has 1 N–H and O–H groups in total. The molecule has 0 saturated carbocycles. The smallest absolute Gasteiger partial charge is 0.251 e. The lowest BCUT2D eigenvalue weighted by molar-refractivity contribution is 0.0955. The van der Waals surface area contributed by atoms with Crippen LogP contribution in [0.15, 0.2) is 48.5 Å². The van der Waals surface area contributed by atoms with Gasteiger partial charge in [-0.3, -0.25) is 4.79 Å². The summed E-state index contributed by atoms with van der Waals surface area (Å²) < 4.78 is 5.66. The summed E-state index contributed by atoms with van der Waals surface area (Å²) >= 11 is 5.81. The molecule has 0 bridgehead atoms. The zero-order valence-corrected chi connectivity index (χ0v) is 11.3. The van der Waals surface area contributed by atoms with Crippen LogP contribution in [0.1, 0.15) is 17.3 Å². The minimum atomic E-state index is -0.107. The van der Waals surface area contributed by atoms with Gasteiger partial charge < -0.3 is 10.1 Å². The van der Waals surface area contributed by atoms with Crippen molar-refractivity contribution < 1.29 is 9.53 Å². The second-order valence-corrected chi connectivity index (χ2v) is 4.38. The maximum absolute atomic E-state index is 11.7. The molecule has 0 unspecified atom stereocenters. The molecule has 0 atom stereocenters. The Balaban J connectivity index is 2.15. The first-order valence-electron chi connectivity index (χ1n) is 6.00. The normalized spacial score (nSPS) is 10.0. The molecule has 2 aromatic carbocycles. The lowest BCUT2D eigenvalue weighted by Gasteiger charge is -2.07. The van der Waals surface area contributed by atoms with Crippen molar-refractivity contribution in [3.05, 3.63) is 59.1 Å². The molecular formula is C15H14ClNO2. The zero-order chi connectivity index (χ0) is 13.7. The molecular weight excluding hydrogens is 262 g/mol. The minimum absolute atomic E-state index is 0.107. The van der Waals surface area contributed by atoms with E-state index in [1.54, 1.807) is 48.5 Å². The maximum atomic E-state index is 11.7. The van der Waals surface area contributed by atoms with Gasteiger partial charge in [-0.25, -0.2) is 0 Å². The van der Waals surface area contributed by atoms with E-state index in [0.717, 1.165) is 0 Å². The molecule has 19 heavy (non-hydrogen) atoms. The predicted molar refractivity (Wildman–Crippen MR) is 76.0 cm³/mol. The van der Waals surface area contributed by atoms with Crippen molar-refractivity contribution in [3.8, 4) is 11.5 Å². The second-order valence-electron chi connectivity index (χ2n) is 3.94. The average Bonchev–Trinajstić information content (AvgIpc) is 2.42. The molecule has 1 amide bonds. The summed E-state index contributed by atoms with van der Waals surface area (Å²) in [6.45, 7) is 2.48. The van der Waals surface area contributed by atoms with Crippen molar-refractivity contribution in [2.24, 2.45) is 0 Å². The number of hydrogen-bond acceptors (Lipinski definition) is 2. The Morgan fingerprint density at radius 2 is 1.89 bits per heavy atom. The zero-order valence-electron chi connectivity index (χ0n) is 10.5. The van der Waals surface area contributed by atoms with E-state index in [1.165, 1.54) is 0 Å². The van der Waals surface area contributed by atoms with E-state index in [4.69, 9.17) is 16.3 Å². The van der Waals surface area contributed by atoms with E-state index in [2.05, 4.69) is 5.32 Å². The largest absolute Gasteiger partial charge is 0.457 e. The number of hydrogen-bond donors (Lipinski definition) is 1. The highest BCUT2D eigenvalue weighted by Gasteiger charge is 2.05. The highest BCUT2D eigenvalue weighted by atomic mass is 35.5. The molecule has 0 aliphatic carbocycles. The molecule has 3 nitrogen and oxygen atoms in total. The van der Waals surface area contributed by atoms with Crippen LogP contribution < -0.4 is 10.1 Å². The second kappa shape index (κ2) is 6.25. The predicted octanol–water partition coefficient (Wildman–Crippen LogP) is 3.88. The third-order valence-corrected chi connectivity index (χ3v) is 2.73. The first-order valence-corrected chi connectivity index (χ1v) is 6.38. The molecule has 2 rings (SSSR count). The van der Waals surface area contributed by atoms with Gasteiger partial charge in [0.25, 0.3) is 5.91 Å². The van der Waals surface area contributed by atoms with Gasteiger partial charge in [0.15, 0.2) is 0 Å². The topological polar surface area (TPSA) is 38.3 Å². The van der Waals surface area contributed by atoms with Gasteiger partial charge in [-0.05, 0) is 49.4 Å². The van der Waals surface area contributed by atoms with Crippen LogP contribution in [0, 0.1) is 0 Å². The summed E-state index contributed by atoms with van der Waals surface area (Å²) in [5.74, 6) is 1.19. The fraction of sp³-hybridized carbons (Fsp3) is 0.133. The Morgan fingerprint density at radius 3 is 2.58 bits per heavy atom. The van der Waals surface area contributed by atoms with Gasteiger partial charge in [-0.1, -0.05) is 17.7 Å². The van der Waals surface area contributed by atoms with Crippen molar-refractivity contribution in [3.63, 3.8) is 0 Å². The summed E-state index contributed by atoms with van der Waals surface area (Å²) in [5, 5.41) is 3.40. The van der Waals surface area contributed by atoms with Crippen LogP contribution in [-0.4, -0.2) is 12.5 Å². The number of carbonyl (C=O) groups is 1. The lowest BCUT2D eigenvalue weighted by atomic mass is 10.2. The van der Waals surface area contributed by atoms with Crippen LogP contribution in [0.25, 0.3) is 0 Å². The average molecular weight is 276 g/mol. The van der Waals surface area contributed by atoms with E-state index >= 15 is 0 Å².